The Balaban J connectivity index is 2.56. The van der Waals surface area contributed by atoms with Crippen LogP contribution in [0.3, 0.4) is 0 Å². The monoisotopic (exact) mass is 276 g/mol. The van der Waals surface area contributed by atoms with E-state index in [2.05, 4.69) is 11.9 Å². The SMILES string of the molecule is C=C(C)CNC(=O)N(C)CCc1ccccc1C(=O)O. The van der Waals surface area contributed by atoms with Crippen LogP contribution in [-0.4, -0.2) is 42.1 Å². The molecule has 0 spiro atoms. The van der Waals surface area contributed by atoms with Gasteiger partial charge in [-0.1, -0.05) is 30.4 Å². The van der Waals surface area contributed by atoms with Crippen LogP contribution in [0.4, 0.5) is 4.79 Å². The van der Waals surface area contributed by atoms with Gasteiger partial charge in [0.1, 0.15) is 0 Å². The van der Waals surface area contributed by atoms with Crippen molar-refractivity contribution < 1.29 is 14.7 Å². The van der Waals surface area contributed by atoms with Gasteiger partial charge in [-0.25, -0.2) is 9.59 Å². The Hall–Kier alpha value is -2.30. The molecule has 0 unspecified atom stereocenters. The van der Waals surface area contributed by atoms with Gasteiger partial charge in [0.25, 0.3) is 0 Å². The van der Waals surface area contributed by atoms with E-state index in [4.69, 9.17) is 5.11 Å². The van der Waals surface area contributed by atoms with E-state index in [1.807, 2.05) is 6.92 Å². The molecule has 5 heteroatoms. The Kier molecular flexibility index (Phi) is 5.77. The lowest BCUT2D eigenvalue weighted by Gasteiger charge is -2.18. The van der Waals surface area contributed by atoms with Gasteiger partial charge in [-0.2, -0.15) is 0 Å². The second-order valence-corrected chi connectivity index (χ2v) is 4.75. The van der Waals surface area contributed by atoms with Crippen LogP contribution in [0.25, 0.3) is 0 Å². The zero-order valence-electron chi connectivity index (χ0n) is 11.8. The molecule has 0 aliphatic rings. The molecular formula is C15H20N2O3. The van der Waals surface area contributed by atoms with Crippen LogP contribution in [0.15, 0.2) is 36.4 Å². The van der Waals surface area contributed by atoms with Crippen molar-refractivity contribution in [1.82, 2.24) is 10.2 Å². The van der Waals surface area contributed by atoms with E-state index in [0.29, 0.717) is 19.5 Å². The highest BCUT2D eigenvalue weighted by Crippen LogP contribution is 2.10. The van der Waals surface area contributed by atoms with E-state index < -0.39 is 5.97 Å². The van der Waals surface area contributed by atoms with E-state index in [9.17, 15) is 9.59 Å². The summed E-state index contributed by atoms with van der Waals surface area (Å²) in [5.41, 5.74) is 1.88. The number of urea groups is 1. The van der Waals surface area contributed by atoms with Gasteiger partial charge in [-0.05, 0) is 25.0 Å². The first-order valence-corrected chi connectivity index (χ1v) is 6.36. The fourth-order valence-electron chi connectivity index (χ4n) is 1.70. The summed E-state index contributed by atoms with van der Waals surface area (Å²) < 4.78 is 0. The maximum absolute atomic E-state index is 11.7. The van der Waals surface area contributed by atoms with Crippen molar-refractivity contribution in [1.29, 1.82) is 0 Å². The second kappa shape index (κ2) is 7.33. The molecule has 0 saturated carbocycles. The van der Waals surface area contributed by atoms with Gasteiger partial charge in [0.05, 0.1) is 5.56 Å². The predicted molar refractivity (Wildman–Crippen MR) is 77.9 cm³/mol. The lowest BCUT2D eigenvalue weighted by molar-refractivity contribution is 0.0695. The quantitative estimate of drug-likeness (QED) is 0.782. The van der Waals surface area contributed by atoms with Crippen LogP contribution in [0.1, 0.15) is 22.8 Å². The van der Waals surface area contributed by atoms with Crippen molar-refractivity contribution in [3.63, 3.8) is 0 Å². The molecule has 2 N–H and O–H groups in total. The molecule has 1 rings (SSSR count). The minimum Gasteiger partial charge on any atom is -0.478 e. The van der Waals surface area contributed by atoms with Crippen molar-refractivity contribution in [2.75, 3.05) is 20.1 Å². The summed E-state index contributed by atoms with van der Waals surface area (Å²) in [7, 11) is 1.68. The fourth-order valence-corrected chi connectivity index (χ4v) is 1.70. The van der Waals surface area contributed by atoms with E-state index in [1.54, 1.807) is 31.3 Å². The van der Waals surface area contributed by atoms with Crippen molar-refractivity contribution in [2.45, 2.75) is 13.3 Å². The highest BCUT2D eigenvalue weighted by atomic mass is 16.4. The molecule has 0 aliphatic heterocycles. The molecule has 0 aliphatic carbocycles. The number of aromatic carboxylic acids is 1. The zero-order valence-corrected chi connectivity index (χ0v) is 11.8. The third-order valence-electron chi connectivity index (χ3n) is 2.85. The molecule has 0 heterocycles. The third-order valence-corrected chi connectivity index (χ3v) is 2.85. The second-order valence-electron chi connectivity index (χ2n) is 4.75. The molecule has 0 radical (unpaired) electrons. The number of carbonyl (C=O) groups is 2. The molecule has 0 saturated heterocycles. The number of carboxylic acid groups (broad SMARTS) is 1. The van der Waals surface area contributed by atoms with Gasteiger partial charge in [0, 0.05) is 20.1 Å². The van der Waals surface area contributed by atoms with Gasteiger partial charge in [-0.3, -0.25) is 0 Å². The molecule has 0 atom stereocenters. The van der Waals surface area contributed by atoms with Crippen LogP contribution in [-0.2, 0) is 6.42 Å². The molecule has 20 heavy (non-hydrogen) atoms. The molecule has 1 aromatic carbocycles. The highest BCUT2D eigenvalue weighted by molar-refractivity contribution is 5.89. The number of amides is 2. The zero-order chi connectivity index (χ0) is 15.1. The summed E-state index contributed by atoms with van der Waals surface area (Å²) in [6, 6.07) is 6.63. The molecule has 5 nitrogen and oxygen atoms in total. The average molecular weight is 276 g/mol. The molecule has 0 bridgehead atoms. The molecule has 0 aromatic heterocycles. The van der Waals surface area contributed by atoms with Gasteiger partial charge >= 0.3 is 12.0 Å². The maximum Gasteiger partial charge on any atom is 0.335 e. The smallest absolute Gasteiger partial charge is 0.335 e. The molecule has 2 amide bonds. The van der Waals surface area contributed by atoms with Crippen LogP contribution in [0.2, 0.25) is 0 Å². The summed E-state index contributed by atoms with van der Waals surface area (Å²) >= 11 is 0. The number of nitrogens with one attached hydrogen (secondary N) is 1. The summed E-state index contributed by atoms with van der Waals surface area (Å²) in [4.78, 5) is 24.3. The fraction of sp³-hybridized carbons (Fsp3) is 0.333. The molecule has 1 aromatic rings. The summed E-state index contributed by atoms with van der Waals surface area (Å²) in [5, 5.41) is 11.8. The number of benzene rings is 1. The van der Waals surface area contributed by atoms with Crippen molar-refractivity contribution in [2.24, 2.45) is 0 Å². The van der Waals surface area contributed by atoms with Gasteiger partial charge in [0.2, 0.25) is 0 Å². The average Bonchev–Trinajstić information content (AvgIpc) is 2.42. The molecule has 108 valence electrons. The van der Waals surface area contributed by atoms with Crippen LogP contribution in [0.5, 0.6) is 0 Å². The normalized spacial score (nSPS) is 9.90. The number of carboxylic acids is 1. The van der Waals surface area contributed by atoms with Crippen LogP contribution in [0, 0.1) is 0 Å². The Morgan fingerprint density at radius 2 is 2.00 bits per heavy atom. The number of nitrogens with zero attached hydrogens (tertiary/aromatic N) is 1. The topological polar surface area (TPSA) is 69.6 Å². The van der Waals surface area contributed by atoms with Gasteiger partial charge in [-0.15, -0.1) is 0 Å². The molecule has 0 fully saturated rings. The lowest BCUT2D eigenvalue weighted by Crippen LogP contribution is -2.39. The summed E-state index contributed by atoms with van der Waals surface area (Å²) in [6.45, 7) is 6.44. The van der Waals surface area contributed by atoms with E-state index >= 15 is 0 Å². The molecular weight excluding hydrogens is 256 g/mol. The van der Waals surface area contributed by atoms with E-state index in [0.717, 1.165) is 11.1 Å². The Morgan fingerprint density at radius 3 is 2.60 bits per heavy atom. The highest BCUT2D eigenvalue weighted by Gasteiger charge is 2.12. The first kappa shape index (κ1) is 15.8. The first-order chi connectivity index (χ1) is 9.41. The number of likely N-dealkylation sites (N-methyl/N-ethyl adjacent to an activating group) is 1. The van der Waals surface area contributed by atoms with E-state index in [-0.39, 0.29) is 11.6 Å². The van der Waals surface area contributed by atoms with Gasteiger partial charge in [0.15, 0.2) is 0 Å². The van der Waals surface area contributed by atoms with Crippen molar-refractivity contribution in [3.05, 3.63) is 47.5 Å². The number of carbonyl (C=O) groups excluding carboxylic acids is 1. The number of hydrogen-bond donors (Lipinski definition) is 2. The standard InChI is InChI=1S/C15H20N2O3/c1-11(2)10-16-15(20)17(3)9-8-12-6-4-5-7-13(12)14(18)19/h4-7H,1,8-10H2,2-3H3,(H,16,20)(H,18,19). The largest absolute Gasteiger partial charge is 0.478 e. The maximum atomic E-state index is 11.7. The first-order valence-electron chi connectivity index (χ1n) is 6.36. The number of hydrogen-bond acceptors (Lipinski definition) is 2. The lowest BCUT2D eigenvalue weighted by atomic mass is 10.0. The van der Waals surface area contributed by atoms with E-state index in [1.165, 1.54) is 4.90 Å². The van der Waals surface area contributed by atoms with Crippen LogP contribution < -0.4 is 5.32 Å². The Bertz CT molecular complexity index is 512. The third kappa shape index (κ3) is 4.76. The summed E-state index contributed by atoms with van der Waals surface area (Å²) in [6.07, 6.45) is 0.499. The predicted octanol–water partition coefficient (Wildman–Crippen LogP) is 2.14. The Morgan fingerprint density at radius 1 is 1.35 bits per heavy atom. The Labute approximate surface area is 118 Å². The number of rotatable bonds is 6. The van der Waals surface area contributed by atoms with Crippen LogP contribution >= 0.6 is 0 Å². The minimum absolute atomic E-state index is 0.194. The van der Waals surface area contributed by atoms with Crippen molar-refractivity contribution in [3.8, 4) is 0 Å². The summed E-state index contributed by atoms with van der Waals surface area (Å²) in [5.74, 6) is -0.949. The van der Waals surface area contributed by atoms with Gasteiger partial charge < -0.3 is 15.3 Å². The minimum atomic E-state index is -0.949. The van der Waals surface area contributed by atoms with Crippen molar-refractivity contribution >= 4 is 12.0 Å².